The second-order valence-electron chi connectivity index (χ2n) is 4.47. The number of thiazole rings is 1. The number of aromatic nitrogens is 1. The van der Waals surface area contributed by atoms with Gasteiger partial charge in [0.1, 0.15) is 5.01 Å². The fraction of sp³-hybridized carbons (Fsp3) is 0.231. The molecule has 94 valence electrons. The standard InChI is InChI=1S/C13H14N2O2S/c1-13(2,12-14-6-7-18-12)15-10-5-3-4-9(8-10)11(16)17/h3-8,15H,1-2H3,(H,16,17). The maximum atomic E-state index is 10.9. The molecule has 0 saturated heterocycles. The monoisotopic (exact) mass is 262 g/mol. The number of nitrogens with zero attached hydrogens (tertiary/aromatic N) is 1. The quantitative estimate of drug-likeness (QED) is 0.888. The van der Waals surface area contributed by atoms with Crippen LogP contribution in [0.4, 0.5) is 5.69 Å². The third-order valence-electron chi connectivity index (χ3n) is 2.53. The normalized spacial score (nSPS) is 11.2. The number of hydrogen-bond acceptors (Lipinski definition) is 4. The molecule has 1 aromatic heterocycles. The van der Waals surface area contributed by atoms with Gasteiger partial charge in [0.25, 0.3) is 0 Å². The minimum atomic E-state index is -0.925. The van der Waals surface area contributed by atoms with E-state index in [4.69, 9.17) is 5.11 Å². The zero-order valence-electron chi connectivity index (χ0n) is 10.2. The number of benzene rings is 1. The van der Waals surface area contributed by atoms with E-state index in [0.717, 1.165) is 10.7 Å². The van der Waals surface area contributed by atoms with Crippen LogP contribution in [-0.4, -0.2) is 16.1 Å². The fourth-order valence-corrected chi connectivity index (χ4v) is 2.39. The minimum absolute atomic E-state index is 0.273. The van der Waals surface area contributed by atoms with E-state index in [-0.39, 0.29) is 11.1 Å². The molecule has 0 aliphatic carbocycles. The fourth-order valence-electron chi connectivity index (χ4n) is 1.68. The van der Waals surface area contributed by atoms with Gasteiger partial charge in [-0.05, 0) is 32.0 Å². The lowest BCUT2D eigenvalue weighted by Crippen LogP contribution is -2.27. The van der Waals surface area contributed by atoms with Crippen molar-refractivity contribution in [3.8, 4) is 0 Å². The van der Waals surface area contributed by atoms with Crippen LogP contribution in [0.2, 0.25) is 0 Å². The molecule has 0 amide bonds. The first kappa shape index (κ1) is 12.6. The summed E-state index contributed by atoms with van der Waals surface area (Å²) >= 11 is 1.57. The Balaban J connectivity index is 2.24. The van der Waals surface area contributed by atoms with Crippen LogP contribution in [0.3, 0.4) is 0 Å². The lowest BCUT2D eigenvalue weighted by Gasteiger charge is -2.25. The Morgan fingerprint density at radius 1 is 1.44 bits per heavy atom. The van der Waals surface area contributed by atoms with Crippen molar-refractivity contribution >= 4 is 23.0 Å². The zero-order valence-corrected chi connectivity index (χ0v) is 11.0. The van der Waals surface area contributed by atoms with Gasteiger partial charge in [0.15, 0.2) is 0 Å². The molecule has 0 fully saturated rings. The summed E-state index contributed by atoms with van der Waals surface area (Å²) in [5, 5.41) is 15.1. The lowest BCUT2D eigenvalue weighted by atomic mass is 10.1. The van der Waals surface area contributed by atoms with Crippen molar-refractivity contribution < 1.29 is 9.90 Å². The second kappa shape index (κ2) is 4.78. The van der Waals surface area contributed by atoms with E-state index in [1.54, 1.807) is 35.7 Å². The lowest BCUT2D eigenvalue weighted by molar-refractivity contribution is 0.0697. The Bertz CT molecular complexity index is 550. The Hall–Kier alpha value is -1.88. The van der Waals surface area contributed by atoms with Crippen LogP contribution >= 0.6 is 11.3 Å². The van der Waals surface area contributed by atoms with Crippen molar-refractivity contribution in [2.24, 2.45) is 0 Å². The second-order valence-corrected chi connectivity index (χ2v) is 5.37. The minimum Gasteiger partial charge on any atom is -0.478 e. The molecule has 0 bridgehead atoms. The summed E-state index contributed by atoms with van der Waals surface area (Å²) in [6.45, 7) is 4.03. The first-order valence-corrected chi connectivity index (χ1v) is 6.38. The molecule has 0 aliphatic rings. The summed E-state index contributed by atoms with van der Waals surface area (Å²) in [6, 6.07) is 6.77. The van der Waals surface area contributed by atoms with Crippen LogP contribution in [0.1, 0.15) is 29.2 Å². The maximum absolute atomic E-state index is 10.9. The maximum Gasteiger partial charge on any atom is 0.335 e. The van der Waals surface area contributed by atoms with Crippen molar-refractivity contribution in [1.29, 1.82) is 0 Å². The number of aromatic carboxylic acids is 1. The molecular weight excluding hydrogens is 248 g/mol. The van der Waals surface area contributed by atoms with Crippen LogP contribution in [0.25, 0.3) is 0 Å². The van der Waals surface area contributed by atoms with Crippen molar-refractivity contribution in [3.63, 3.8) is 0 Å². The molecule has 0 atom stereocenters. The molecule has 0 saturated carbocycles. The summed E-state index contributed by atoms with van der Waals surface area (Å²) in [6.07, 6.45) is 1.76. The third-order valence-corrected chi connectivity index (χ3v) is 3.63. The van der Waals surface area contributed by atoms with Gasteiger partial charge in [-0.15, -0.1) is 11.3 Å². The van der Waals surface area contributed by atoms with Crippen LogP contribution < -0.4 is 5.32 Å². The molecule has 2 aromatic rings. The van der Waals surface area contributed by atoms with Crippen molar-refractivity contribution in [1.82, 2.24) is 4.98 Å². The van der Waals surface area contributed by atoms with Gasteiger partial charge in [-0.25, -0.2) is 9.78 Å². The molecule has 0 aliphatic heterocycles. The summed E-state index contributed by atoms with van der Waals surface area (Å²) in [4.78, 5) is 15.2. The molecule has 4 nitrogen and oxygen atoms in total. The highest BCUT2D eigenvalue weighted by Crippen LogP contribution is 2.27. The van der Waals surface area contributed by atoms with Gasteiger partial charge in [-0.1, -0.05) is 6.07 Å². The average Bonchev–Trinajstić information content (AvgIpc) is 2.82. The van der Waals surface area contributed by atoms with Crippen molar-refractivity contribution in [2.75, 3.05) is 5.32 Å². The molecule has 0 radical (unpaired) electrons. The number of carboxylic acids is 1. The van der Waals surface area contributed by atoms with E-state index in [1.807, 2.05) is 25.3 Å². The van der Waals surface area contributed by atoms with Crippen molar-refractivity contribution in [3.05, 3.63) is 46.4 Å². The molecule has 1 aromatic carbocycles. The molecule has 2 rings (SSSR count). The number of carbonyl (C=O) groups is 1. The highest BCUT2D eigenvalue weighted by atomic mass is 32.1. The van der Waals surface area contributed by atoms with Crippen LogP contribution in [0, 0.1) is 0 Å². The highest BCUT2D eigenvalue weighted by Gasteiger charge is 2.23. The van der Waals surface area contributed by atoms with Crippen LogP contribution in [-0.2, 0) is 5.54 Å². The molecule has 18 heavy (non-hydrogen) atoms. The molecule has 1 heterocycles. The topological polar surface area (TPSA) is 62.2 Å². The van der Waals surface area contributed by atoms with E-state index >= 15 is 0 Å². The van der Waals surface area contributed by atoms with Gasteiger partial charge in [-0.2, -0.15) is 0 Å². The first-order valence-electron chi connectivity index (χ1n) is 5.50. The number of anilines is 1. The summed E-state index contributed by atoms with van der Waals surface area (Å²) in [7, 11) is 0. The van der Waals surface area contributed by atoms with Crippen molar-refractivity contribution in [2.45, 2.75) is 19.4 Å². The van der Waals surface area contributed by atoms with Gasteiger partial charge in [0, 0.05) is 17.3 Å². The van der Waals surface area contributed by atoms with E-state index < -0.39 is 5.97 Å². The number of nitrogens with one attached hydrogen (secondary N) is 1. The van der Waals surface area contributed by atoms with Crippen LogP contribution in [0.15, 0.2) is 35.8 Å². The van der Waals surface area contributed by atoms with Gasteiger partial charge in [-0.3, -0.25) is 0 Å². The number of carboxylic acid groups (broad SMARTS) is 1. The molecule has 5 heteroatoms. The third kappa shape index (κ3) is 2.68. The highest BCUT2D eigenvalue weighted by molar-refractivity contribution is 7.09. The van der Waals surface area contributed by atoms with Gasteiger partial charge >= 0.3 is 5.97 Å². The number of hydrogen-bond donors (Lipinski definition) is 2. The summed E-state index contributed by atoms with van der Waals surface area (Å²) in [5.41, 5.74) is 0.718. The Labute approximate surface area is 109 Å². The van der Waals surface area contributed by atoms with E-state index in [0.29, 0.717) is 0 Å². The summed E-state index contributed by atoms with van der Waals surface area (Å²) < 4.78 is 0. The Morgan fingerprint density at radius 3 is 2.83 bits per heavy atom. The first-order chi connectivity index (χ1) is 8.49. The zero-order chi connectivity index (χ0) is 13.2. The average molecular weight is 262 g/mol. The largest absolute Gasteiger partial charge is 0.478 e. The van der Waals surface area contributed by atoms with E-state index in [9.17, 15) is 4.79 Å². The molecule has 2 N–H and O–H groups in total. The van der Waals surface area contributed by atoms with Gasteiger partial charge in [0.2, 0.25) is 0 Å². The Morgan fingerprint density at radius 2 is 2.22 bits per heavy atom. The van der Waals surface area contributed by atoms with Gasteiger partial charge < -0.3 is 10.4 Å². The smallest absolute Gasteiger partial charge is 0.335 e. The SMILES string of the molecule is CC(C)(Nc1cccc(C(=O)O)c1)c1nccs1. The molecule has 0 spiro atoms. The van der Waals surface area contributed by atoms with E-state index in [2.05, 4.69) is 10.3 Å². The van der Waals surface area contributed by atoms with E-state index in [1.165, 1.54) is 0 Å². The summed E-state index contributed by atoms with van der Waals surface area (Å²) in [5.74, 6) is -0.925. The molecule has 0 unspecified atom stereocenters. The predicted molar refractivity (Wildman–Crippen MR) is 72.2 cm³/mol. The van der Waals surface area contributed by atoms with Crippen LogP contribution in [0.5, 0.6) is 0 Å². The predicted octanol–water partition coefficient (Wildman–Crippen LogP) is 3.19. The van der Waals surface area contributed by atoms with Gasteiger partial charge in [0.05, 0.1) is 11.1 Å². The Kier molecular flexibility index (Phi) is 3.34. The molecular formula is C13H14N2O2S. The number of rotatable bonds is 4.